The van der Waals surface area contributed by atoms with E-state index in [4.69, 9.17) is 11.6 Å². The van der Waals surface area contributed by atoms with Crippen LogP contribution in [0.5, 0.6) is 0 Å². The Bertz CT molecular complexity index is 451. The van der Waals surface area contributed by atoms with Crippen LogP contribution in [0.25, 0.3) is 0 Å². The van der Waals surface area contributed by atoms with E-state index in [1.54, 1.807) is 0 Å². The van der Waals surface area contributed by atoms with Crippen LogP contribution in [0.1, 0.15) is 36.5 Å². The molecule has 0 atom stereocenters. The molecule has 1 aromatic heterocycles. The third-order valence-electron chi connectivity index (χ3n) is 2.36. The molecule has 1 heterocycles. The molecule has 98 valence electrons. The molecule has 0 unspecified atom stereocenters. The van der Waals surface area contributed by atoms with Crippen LogP contribution in [-0.4, -0.2) is 22.4 Å². The number of hydrogen-bond acceptors (Lipinski definition) is 4. The van der Waals surface area contributed by atoms with Gasteiger partial charge in [-0.15, -0.1) is 0 Å². The highest BCUT2D eigenvalue weighted by Crippen LogP contribution is 2.20. The molecule has 1 aromatic rings. The first-order valence-electron chi connectivity index (χ1n) is 5.64. The number of pyridine rings is 1. The normalized spacial score (nSPS) is 10.1. The number of nitrogens with one attached hydrogen (secondary N) is 1. The van der Waals surface area contributed by atoms with E-state index in [1.807, 2.05) is 0 Å². The van der Waals surface area contributed by atoms with Gasteiger partial charge < -0.3 is 5.32 Å². The van der Waals surface area contributed by atoms with Gasteiger partial charge in [-0.25, -0.2) is 4.98 Å². The lowest BCUT2D eigenvalue weighted by atomic mass is 10.2. The standard InChI is InChI=1S/C11H14ClN3O3/c1-2-3-4-5-13-11(16)8-6-10(12)14-7-9(8)15(17)18/h6-7H,2-5H2,1H3,(H,13,16). The minimum atomic E-state index is -0.649. The number of unbranched alkanes of at least 4 members (excludes halogenated alkanes) is 2. The van der Waals surface area contributed by atoms with E-state index in [2.05, 4.69) is 17.2 Å². The number of rotatable bonds is 6. The van der Waals surface area contributed by atoms with Crippen LogP contribution in [0.15, 0.2) is 12.3 Å². The van der Waals surface area contributed by atoms with Gasteiger partial charge in [0.15, 0.2) is 0 Å². The summed E-state index contributed by atoms with van der Waals surface area (Å²) < 4.78 is 0. The first-order chi connectivity index (χ1) is 8.56. The minimum absolute atomic E-state index is 0.0549. The Morgan fingerprint density at radius 3 is 2.89 bits per heavy atom. The number of amides is 1. The quantitative estimate of drug-likeness (QED) is 0.373. The Balaban J connectivity index is 2.77. The van der Waals surface area contributed by atoms with Crippen LogP contribution in [0.3, 0.4) is 0 Å². The molecular formula is C11H14ClN3O3. The number of halogens is 1. The summed E-state index contributed by atoms with van der Waals surface area (Å²) in [7, 11) is 0. The number of hydrogen-bond donors (Lipinski definition) is 1. The number of nitrogens with zero attached hydrogens (tertiary/aromatic N) is 2. The summed E-state index contributed by atoms with van der Waals surface area (Å²) in [6.45, 7) is 2.54. The van der Waals surface area contributed by atoms with E-state index in [-0.39, 0.29) is 16.4 Å². The second kappa shape index (κ2) is 6.90. The highest BCUT2D eigenvalue weighted by molar-refractivity contribution is 6.29. The lowest BCUT2D eigenvalue weighted by molar-refractivity contribution is -0.385. The molecule has 1 rings (SSSR count). The maximum absolute atomic E-state index is 11.8. The second-order valence-corrected chi connectivity index (χ2v) is 4.13. The Labute approximate surface area is 110 Å². The Kier molecular flexibility index (Phi) is 5.51. The van der Waals surface area contributed by atoms with Crippen molar-refractivity contribution in [1.82, 2.24) is 10.3 Å². The van der Waals surface area contributed by atoms with Crippen LogP contribution in [0, 0.1) is 10.1 Å². The van der Waals surface area contributed by atoms with Crippen molar-refractivity contribution < 1.29 is 9.72 Å². The lowest BCUT2D eigenvalue weighted by Crippen LogP contribution is -2.25. The summed E-state index contributed by atoms with van der Waals surface area (Å²) >= 11 is 5.64. The maximum atomic E-state index is 11.8. The number of aromatic nitrogens is 1. The third kappa shape index (κ3) is 3.96. The average Bonchev–Trinajstić information content (AvgIpc) is 2.34. The van der Waals surface area contributed by atoms with E-state index >= 15 is 0 Å². The fourth-order valence-corrected chi connectivity index (χ4v) is 1.58. The molecule has 0 radical (unpaired) electrons. The Morgan fingerprint density at radius 2 is 2.28 bits per heavy atom. The molecule has 7 heteroatoms. The molecule has 0 spiro atoms. The van der Waals surface area contributed by atoms with Crippen molar-refractivity contribution in [2.24, 2.45) is 0 Å². The van der Waals surface area contributed by atoms with E-state index < -0.39 is 10.8 Å². The maximum Gasteiger partial charge on any atom is 0.300 e. The highest BCUT2D eigenvalue weighted by Gasteiger charge is 2.20. The van der Waals surface area contributed by atoms with Crippen LogP contribution in [-0.2, 0) is 0 Å². The van der Waals surface area contributed by atoms with Crippen molar-refractivity contribution in [2.45, 2.75) is 26.2 Å². The summed E-state index contributed by atoms with van der Waals surface area (Å²) in [5.74, 6) is -0.498. The summed E-state index contributed by atoms with van der Waals surface area (Å²) in [4.78, 5) is 25.5. The first-order valence-corrected chi connectivity index (χ1v) is 6.02. The van der Waals surface area contributed by atoms with Crippen LogP contribution in [0.2, 0.25) is 5.15 Å². The SMILES string of the molecule is CCCCCNC(=O)c1cc(Cl)ncc1[N+](=O)[O-]. The third-order valence-corrected chi connectivity index (χ3v) is 2.56. The van der Waals surface area contributed by atoms with Crippen molar-refractivity contribution in [1.29, 1.82) is 0 Å². The predicted octanol–water partition coefficient (Wildman–Crippen LogP) is 2.56. The molecule has 1 amide bonds. The fraction of sp³-hybridized carbons (Fsp3) is 0.455. The van der Waals surface area contributed by atoms with Crippen LogP contribution >= 0.6 is 11.6 Å². The van der Waals surface area contributed by atoms with Gasteiger partial charge in [0.2, 0.25) is 0 Å². The molecule has 1 N–H and O–H groups in total. The van der Waals surface area contributed by atoms with Gasteiger partial charge in [0.05, 0.1) is 4.92 Å². The molecule has 0 bridgehead atoms. The molecular weight excluding hydrogens is 258 g/mol. The predicted molar refractivity (Wildman–Crippen MR) is 67.8 cm³/mol. The van der Waals surface area contributed by atoms with Crippen molar-refractivity contribution in [3.05, 3.63) is 33.1 Å². The zero-order valence-corrected chi connectivity index (χ0v) is 10.7. The average molecular weight is 272 g/mol. The van der Waals surface area contributed by atoms with Gasteiger partial charge in [-0.2, -0.15) is 0 Å². The van der Waals surface area contributed by atoms with Crippen molar-refractivity contribution in [3.63, 3.8) is 0 Å². The molecule has 18 heavy (non-hydrogen) atoms. The monoisotopic (exact) mass is 271 g/mol. The lowest BCUT2D eigenvalue weighted by Gasteiger charge is -2.05. The molecule has 0 aliphatic heterocycles. The smallest absolute Gasteiger partial charge is 0.300 e. The zero-order valence-electron chi connectivity index (χ0n) is 9.98. The van der Waals surface area contributed by atoms with Gasteiger partial charge in [-0.1, -0.05) is 31.4 Å². The molecule has 0 aromatic carbocycles. The second-order valence-electron chi connectivity index (χ2n) is 3.74. The molecule has 0 saturated carbocycles. The molecule has 0 saturated heterocycles. The molecule has 0 aliphatic carbocycles. The van der Waals surface area contributed by atoms with E-state index in [1.165, 1.54) is 6.07 Å². The highest BCUT2D eigenvalue weighted by atomic mass is 35.5. The Morgan fingerprint density at radius 1 is 1.56 bits per heavy atom. The van der Waals surface area contributed by atoms with Gasteiger partial charge in [0, 0.05) is 6.54 Å². The van der Waals surface area contributed by atoms with E-state index in [0.717, 1.165) is 25.5 Å². The molecule has 6 nitrogen and oxygen atoms in total. The fourth-order valence-electron chi connectivity index (χ4n) is 1.42. The molecule has 0 fully saturated rings. The van der Waals surface area contributed by atoms with Crippen LogP contribution < -0.4 is 5.32 Å². The summed E-state index contributed by atoms with van der Waals surface area (Å²) in [6.07, 6.45) is 3.87. The zero-order chi connectivity index (χ0) is 13.5. The number of nitro groups is 1. The number of carbonyl (C=O) groups is 1. The largest absolute Gasteiger partial charge is 0.352 e. The molecule has 0 aliphatic rings. The topological polar surface area (TPSA) is 85.1 Å². The van der Waals surface area contributed by atoms with Gasteiger partial charge in [-0.05, 0) is 12.5 Å². The summed E-state index contributed by atoms with van der Waals surface area (Å²) in [5, 5.41) is 13.4. The van der Waals surface area contributed by atoms with Crippen molar-refractivity contribution in [2.75, 3.05) is 6.54 Å². The Hall–Kier alpha value is -1.69. The van der Waals surface area contributed by atoms with Crippen molar-refractivity contribution in [3.8, 4) is 0 Å². The van der Waals surface area contributed by atoms with Gasteiger partial charge in [-0.3, -0.25) is 14.9 Å². The minimum Gasteiger partial charge on any atom is -0.352 e. The van der Waals surface area contributed by atoms with E-state index in [9.17, 15) is 14.9 Å². The van der Waals surface area contributed by atoms with Gasteiger partial charge in [0.25, 0.3) is 11.6 Å². The summed E-state index contributed by atoms with van der Waals surface area (Å²) in [5.41, 5.74) is -0.399. The van der Waals surface area contributed by atoms with Gasteiger partial charge in [0.1, 0.15) is 16.9 Å². The first kappa shape index (κ1) is 14.4. The van der Waals surface area contributed by atoms with Crippen molar-refractivity contribution >= 4 is 23.2 Å². The number of carbonyl (C=O) groups excluding carboxylic acids is 1. The summed E-state index contributed by atoms with van der Waals surface area (Å²) in [6, 6.07) is 1.20. The van der Waals surface area contributed by atoms with Gasteiger partial charge >= 0.3 is 0 Å². The van der Waals surface area contributed by atoms with Crippen LogP contribution in [0.4, 0.5) is 5.69 Å². The van der Waals surface area contributed by atoms with E-state index in [0.29, 0.717) is 6.54 Å².